The van der Waals surface area contributed by atoms with Crippen molar-refractivity contribution in [1.82, 2.24) is 0 Å². The minimum absolute atomic E-state index is 0.0176. The predicted molar refractivity (Wildman–Crippen MR) is 85.7 cm³/mol. The number of hydrogen-bond acceptors (Lipinski definition) is 1. The first-order valence-electron chi connectivity index (χ1n) is 7.48. The van der Waals surface area contributed by atoms with Gasteiger partial charge in [0.1, 0.15) is 5.78 Å². The quantitative estimate of drug-likeness (QED) is 0.511. The second-order valence-electron chi connectivity index (χ2n) is 8.26. The van der Waals surface area contributed by atoms with Crippen LogP contribution in [0.5, 0.6) is 0 Å². The van der Waals surface area contributed by atoms with Crippen molar-refractivity contribution in [1.29, 1.82) is 0 Å². The highest BCUT2D eigenvalue weighted by atomic mass is 79.9. The van der Waals surface area contributed by atoms with Gasteiger partial charge in [-0.1, -0.05) is 66.0 Å². The van der Waals surface area contributed by atoms with Crippen LogP contribution in [-0.2, 0) is 4.79 Å². The van der Waals surface area contributed by atoms with E-state index in [9.17, 15) is 4.79 Å². The summed E-state index contributed by atoms with van der Waals surface area (Å²) < 4.78 is -0.0176. The Bertz CT molecular complexity index is 442. The number of rotatable bonds is 0. The van der Waals surface area contributed by atoms with Gasteiger partial charge in [-0.2, -0.15) is 0 Å². The Hall–Kier alpha value is 0.630. The van der Waals surface area contributed by atoms with Gasteiger partial charge in [-0.15, -0.1) is 0 Å². The molecule has 4 atom stereocenters. The summed E-state index contributed by atoms with van der Waals surface area (Å²) in [5.41, 5.74) is 0.305. The first kappa shape index (κ1) is 14.6. The molecular formula is C16H24Br2O. The van der Waals surface area contributed by atoms with Crippen LogP contribution in [0.1, 0.15) is 59.8 Å². The van der Waals surface area contributed by atoms with Crippen molar-refractivity contribution in [3.8, 4) is 0 Å². The SMILES string of the molecule is CC1(C)CCC[C@]2(C)CC[C@]3(C)[C@H]([C@H]1C2=O)C3(Br)Br. The van der Waals surface area contributed by atoms with Gasteiger partial charge in [0.2, 0.25) is 0 Å². The summed E-state index contributed by atoms with van der Waals surface area (Å²) in [6, 6.07) is 0. The van der Waals surface area contributed by atoms with Gasteiger partial charge in [0.25, 0.3) is 0 Å². The molecule has 0 spiro atoms. The van der Waals surface area contributed by atoms with Gasteiger partial charge in [-0.3, -0.25) is 4.79 Å². The van der Waals surface area contributed by atoms with Crippen molar-refractivity contribution in [2.45, 2.75) is 63.0 Å². The first-order chi connectivity index (χ1) is 8.56. The second kappa shape index (κ2) is 3.88. The Morgan fingerprint density at radius 2 is 1.63 bits per heavy atom. The third-order valence-electron chi connectivity index (χ3n) is 6.55. The molecule has 0 radical (unpaired) electrons. The Balaban J connectivity index is 2.11. The van der Waals surface area contributed by atoms with Crippen LogP contribution < -0.4 is 0 Å². The maximum atomic E-state index is 13.2. The molecule has 0 saturated heterocycles. The molecule has 0 amide bonds. The maximum Gasteiger partial charge on any atom is 0.142 e. The van der Waals surface area contributed by atoms with Gasteiger partial charge in [0.05, 0.1) is 3.23 Å². The Labute approximate surface area is 133 Å². The zero-order valence-corrected chi connectivity index (χ0v) is 15.5. The van der Waals surface area contributed by atoms with Crippen molar-refractivity contribution in [2.24, 2.45) is 28.1 Å². The summed E-state index contributed by atoms with van der Waals surface area (Å²) in [5.74, 6) is 1.19. The maximum absolute atomic E-state index is 13.2. The van der Waals surface area contributed by atoms with Gasteiger partial charge in [-0.25, -0.2) is 0 Å². The monoisotopic (exact) mass is 390 g/mol. The molecule has 0 aromatic rings. The van der Waals surface area contributed by atoms with E-state index in [0.717, 1.165) is 19.3 Å². The fraction of sp³-hybridized carbons (Fsp3) is 0.938. The Kier molecular flexibility index (Phi) is 2.97. The zero-order chi connectivity index (χ0) is 14.3. The van der Waals surface area contributed by atoms with E-state index in [-0.39, 0.29) is 25.4 Å². The van der Waals surface area contributed by atoms with E-state index >= 15 is 0 Å². The van der Waals surface area contributed by atoms with Crippen LogP contribution in [0.4, 0.5) is 0 Å². The minimum atomic E-state index is -0.0645. The van der Waals surface area contributed by atoms with E-state index in [0.29, 0.717) is 11.7 Å². The molecule has 3 rings (SSSR count). The van der Waals surface area contributed by atoms with E-state index in [1.807, 2.05) is 0 Å². The third-order valence-corrected chi connectivity index (χ3v) is 9.35. The fourth-order valence-electron chi connectivity index (χ4n) is 4.85. The number of Topliss-reactive ketones (excluding diaryl/α,β-unsaturated/α-hetero) is 1. The molecule has 0 aromatic carbocycles. The molecule has 3 fully saturated rings. The summed E-state index contributed by atoms with van der Waals surface area (Å²) in [7, 11) is 0. The average molecular weight is 392 g/mol. The van der Waals surface area contributed by atoms with Crippen LogP contribution >= 0.6 is 31.9 Å². The fourth-order valence-corrected chi connectivity index (χ4v) is 7.05. The van der Waals surface area contributed by atoms with Crippen molar-refractivity contribution in [2.75, 3.05) is 0 Å². The number of fused-ring (bicyclic) bond motifs is 4. The lowest BCUT2D eigenvalue weighted by molar-refractivity contribution is -0.135. The first-order valence-corrected chi connectivity index (χ1v) is 9.07. The van der Waals surface area contributed by atoms with Gasteiger partial charge in [0, 0.05) is 17.3 Å². The molecule has 0 aromatic heterocycles. The lowest BCUT2D eigenvalue weighted by Crippen LogP contribution is -2.39. The van der Waals surface area contributed by atoms with E-state index in [1.165, 1.54) is 12.8 Å². The predicted octanol–water partition coefficient (Wildman–Crippen LogP) is 5.30. The van der Waals surface area contributed by atoms with Gasteiger partial charge in [0.15, 0.2) is 0 Å². The van der Waals surface area contributed by atoms with Crippen molar-refractivity contribution >= 4 is 37.6 Å². The van der Waals surface area contributed by atoms with Crippen molar-refractivity contribution < 1.29 is 4.79 Å². The standard InChI is InChI=1S/C16H24Br2O/c1-13(2)6-5-7-14(3)8-9-15(4)11(16(15,17)18)10(13)12(14)19/h10-11H,5-9H2,1-4H3/t10-,11-,14+,15+/m0/s1. The van der Waals surface area contributed by atoms with Crippen LogP contribution in [0.3, 0.4) is 0 Å². The molecular weight excluding hydrogens is 368 g/mol. The molecule has 3 aliphatic carbocycles. The largest absolute Gasteiger partial charge is 0.299 e. The number of carbonyl (C=O) groups is 1. The van der Waals surface area contributed by atoms with Crippen LogP contribution in [0.2, 0.25) is 0 Å². The molecule has 3 aliphatic rings. The van der Waals surface area contributed by atoms with E-state index in [2.05, 4.69) is 59.6 Å². The summed E-state index contributed by atoms with van der Waals surface area (Å²) in [6.07, 6.45) is 5.69. The molecule has 1 nitrogen and oxygen atoms in total. The minimum Gasteiger partial charge on any atom is -0.299 e. The second-order valence-corrected chi connectivity index (χ2v) is 11.8. The topological polar surface area (TPSA) is 17.1 Å². The third kappa shape index (κ3) is 1.73. The van der Waals surface area contributed by atoms with E-state index < -0.39 is 0 Å². The molecule has 3 heteroatoms. The highest BCUT2D eigenvalue weighted by Crippen LogP contribution is 2.79. The summed E-state index contributed by atoms with van der Waals surface area (Å²) >= 11 is 7.76. The van der Waals surface area contributed by atoms with Crippen LogP contribution in [-0.4, -0.2) is 9.02 Å². The summed E-state index contributed by atoms with van der Waals surface area (Å²) in [4.78, 5) is 13.2. The zero-order valence-electron chi connectivity index (χ0n) is 12.4. The van der Waals surface area contributed by atoms with Gasteiger partial charge < -0.3 is 0 Å². The lowest BCUT2D eigenvalue weighted by Gasteiger charge is -2.35. The highest BCUT2D eigenvalue weighted by molar-refractivity contribution is 9.25. The van der Waals surface area contributed by atoms with Crippen molar-refractivity contribution in [3.05, 3.63) is 0 Å². The Morgan fingerprint density at radius 1 is 1.00 bits per heavy atom. The van der Waals surface area contributed by atoms with Crippen LogP contribution in [0.15, 0.2) is 0 Å². The highest BCUT2D eigenvalue weighted by Gasteiger charge is 2.77. The lowest BCUT2D eigenvalue weighted by atomic mass is 9.68. The van der Waals surface area contributed by atoms with Gasteiger partial charge in [-0.05, 0) is 36.5 Å². The molecule has 0 aliphatic heterocycles. The number of alkyl halides is 2. The summed E-state index contributed by atoms with van der Waals surface area (Å²) in [6.45, 7) is 9.19. The molecule has 0 unspecified atom stereocenters. The smallest absolute Gasteiger partial charge is 0.142 e. The number of carbonyl (C=O) groups excluding carboxylic acids is 1. The average Bonchev–Trinajstić information content (AvgIpc) is 2.76. The summed E-state index contributed by atoms with van der Waals surface area (Å²) in [5, 5.41) is 0. The van der Waals surface area contributed by atoms with E-state index in [4.69, 9.17) is 0 Å². The Morgan fingerprint density at radius 3 is 2.26 bits per heavy atom. The van der Waals surface area contributed by atoms with Gasteiger partial charge >= 0.3 is 0 Å². The molecule has 19 heavy (non-hydrogen) atoms. The molecule has 0 heterocycles. The van der Waals surface area contributed by atoms with Crippen molar-refractivity contribution in [3.63, 3.8) is 0 Å². The number of ketones is 1. The number of hydrogen-bond donors (Lipinski definition) is 0. The van der Waals surface area contributed by atoms with E-state index in [1.54, 1.807) is 0 Å². The van der Waals surface area contributed by atoms with Crippen LogP contribution in [0, 0.1) is 28.1 Å². The molecule has 108 valence electrons. The normalized spacial score (nSPS) is 50.9. The molecule has 0 N–H and O–H groups in total. The van der Waals surface area contributed by atoms with Crippen LogP contribution in [0.25, 0.3) is 0 Å². The molecule has 2 bridgehead atoms. The number of halogens is 2. The molecule has 3 saturated carbocycles.